The second-order valence-electron chi connectivity index (χ2n) is 5.38. The molecule has 1 atom stereocenters. The summed E-state index contributed by atoms with van der Waals surface area (Å²) in [5, 5.41) is 12.1. The fourth-order valence-corrected chi connectivity index (χ4v) is 2.27. The molecule has 0 aliphatic heterocycles. The van der Waals surface area contributed by atoms with E-state index < -0.39 is 6.04 Å². The van der Waals surface area contributed by atoms with Crippen molar-refractivity contribution in [2.24, 2.45) is 5.10 Å². The van der Waals surface area contributed by atoms with E-state index in [1.54, 1.807) is 30.7 Å². The Morgan fingerprint density at radius 2 is 1.92 bits per heavy atom. The van der Waals surface area contributed by atoms with E-state index in [0.717, 1.165) is 16.6 Å². The molecular weight excluding hydrogens is 309 g/mol. The normalized spacial score (nSPS) is 13.0. The van der Waals surface area contributed by atoms with Gasteiger partial charge in [0, 0.05) is 0 Å². The van der Waals surface area contributed by atoms with Crippen LogP contribution >= 0.6 is 0 Å². The summed E-state index contributed by atoms with van der Waals surface area (Å²) in [7, 11) is 0. The van der Waals surface area contributed by atoms with Crippen LogP contribution in [0, 0.1) is 5.82 Å². The van der Waals surface area contributed by atoms with E-state index in [-0.39, 0.29) is 11.7 Å². The van der Waals surface area contributed by atoms with Gasteiger partial charge in [0.05, 0.1) is 11.2 Å². The van der Waals surface area contributed by atoms with E-state index in [1.165, 1.54) is 12.1 Å². The van der Waals surface area contributed by atoms with Gasteiger partial charge in [0.15, 0.2) is 0 Å². The number of carbonyl (C=O) groups excluding carboxylic acids is 1. The molecule has 3 rings (SSSR count). The van der Waals surface area contributed by atoms with Crippen LogP contribution in [-0.2, 0) is 4.79 Å². The molecule has 0 fully saturated rings. The zero-order valence-electron chi connectivity index (χ0n) is 13.3. The number of carbonyl (C=O) groups is 1. The topological polar surface area (TPSA) is 72.2 Å². The number of nitrogens with one attached hydrogen (secondary N) is 1. The number of hydrogen-bond acceptors (Lipinski definition) is 4. The molecule has 0 spiro atoms. The first-order valence-corrected chi connectivity index (χ1v) is 7.46. The minimum absolute atomic E-state index is 0.313. The number of fused-ring (bicyclic) bond motifs is 1. The first-order valence-electron chi connectivity index (χ1n) is 7.46. The lowest BCUT2D eigenvalue weighted by molar-refractivity contribution is -0.124. The fourth-order valence-electron chi connectivity index (χ4n) is 2.27. The van der Waals surface area contributed by atoms with Crippen LogP contribution in [0.2, 0.25) is 0 Å². The molecule has 1 N–H and O–H groups in total. The van der Waals surface area contributed by atoms with E-state index >= 15 is 0 Å². The summed E-state index contributed by atoms with van der Waals surface area (Å²) < 4.78 is 14.5. The number of rotatable bonds is 4. The SMILES string of the molecule is CC(=NNC(=O)[C@@H](C)n1nnc2ccccc21)c1ccc(F)cc1. The lowest BCUT2D eigenvalue weighted by atomic mass is 10.1. The molecule has 0 aliphatic carbocycles. The Kier molecular flexibility index (Phi) is 4.33. The summed E-state index contributed by atoms with van der Waals surface area (Å²) in [5.41, 5.74) is 5.33. The molecule has 3 aromatic rings. The van der Waals surface area contributed by atoms with Crippen molar-refractivity contribution in [2.75, 3.05) is 0 Å². The summed E-state index contributed by atoms with van der Waals surface area (Å²) in [6.07, 6.45) is 0. The molecule has 7 heteroatoms. The summed E-state index contributed by atoms with van der Waals surface area (Å²) in [4.78, 5) is 12.3. The standard InChI is InChI=1S/C17H16FN5O/c1-11(13-7-9-14(18)10-8-13)19-21-17(24)12(2)23-16-6-4-3-5-15(16)20-22-23/h3-10,12H,1-2H3,(H,21,24)/t12-/m1/s1. The van der Waals surface area contributed by atoms with Crippen molar-refractivity contribution < 1.29 is 9.18 Å². The van der Waals surface area contributed by atoms with Gasteiger partial charge in [0.2, 0.25) is 0 Å². The summed E-state index contributed by atoms with van der Waals surface area (Å²) in [5.74, 6) is -0.630. The highest BCUT2D eigenvalue weighted by molar-refractivity contribution is 5.99. The Morgan fingerprint density at radius 1 is 1.21 bits per heavy atom. The largest absolute Gasteiger partial charge is 0.271 e. The number of benzene rings is 2. The molecule has 1 heterocycles. The monoisotopic (exact) mass is 325 g/mol. The van der Waals surface area contributed by atoms with E-state index in [4.69, 9.17) is 0 Å². The number of halogens is 1. The predicted molar refractivity (Wildman–Crippen MR) is 89.0 cm³/mol. The second kappa shape index (κ2) is 6.57. The van der Waals surface area contributed by atoms with Crippen molar-refractivity contribution in [1.82, 2.24) is 20.4 Å². The smallest absolute Gasteiger partial charge is 0.264 e. The summed E-state index contributed by atoms with van der Waals surface area (Å²) in [6, 6.07) is 12.8. The minimum Gasteiger partial charge on any atom is -0.271 e. The van der Waals surface area contributed by atoms with Crippen molar-refractivity contribution in [3.05, 3.63) is 59.9 Å². The number of amides is 1. The van der Waals surface area contributed by atoms with Crippen LogP contribution in [-0.4, -0.2) is 26.6 Å². The van der Waals surface area contributed by atoms with Crippen LogP contribution in [0.5, 0.6) is 0 Å². The molecule has 24 heavy (non-hydrogen) atoms. The van der Waals surface area contributed by atoms with Gasteiger partial charge in [0.1, 0.15) is 17.4 Å². The lowest BCUT2D eigenvalue weighted by Crippen LogP contribution is -2.28. The average Bonchev–Trinajstić information content (AvgIpc) is 3.03. The number of hydrogen-bond donors (Lipinski definition) is 1. The van der Waals surface area contributed by atoms with Crippen molar-refractivity contribution in [3.63, 3.8) is 0 Å². The van der Waals surface area contributed by atoms with Crippen LogP contribution in [0.25, 0.3) is 11.0 Å². The maximum atomic E-state index is 12.9. The Labute approximate surface area is 138 Å². The molecule has 0 bridgehead atoms. The van der Waals surface area contributed by atoms with Crippen LogP contribution in [0.3, 0.4) is 0 Å². The molecule has 0 saturated heterocycles. The summed E-state index contributed by atoms with van der Waals surface area (Å²) in [6.45, 7) is 3.46. The third-order valence-corrected chi connectivity index (χ3v) is 3.72. The second-order valence-corrected chi connectivity index (χ2v) is 5.38. The van der Waals surface area contributed by atoms with Gasteiger partial charge in [-0.1, -0.05) is 29.5 Å². The number of aromatic nitrogens is 3. The number of para-hydroxylation sites is 1. The highest BCUT2D eigenvalue weighted by Gasteiger charge is 2.18. The quantitative estimate of drug-likeness (QED) is 0.592. The molecule has 1 aromatic heterocycles. The number of nitrogens with zero attached hydrogens (tertiary/aromatic N) is 4. The molecule has 6 nitrogen and oxygen atoms in total. The Balaban J connectivity index is 1.74. The highest BCUT2D eigenvalue weighted by Crippen LogP contribution is 2.15. The first kappa shape index (κ1) is 15.8. The Hall–Kier alpha value is -3.09. The number of hydrazone groups is 1. The van der Waals surface area contributed by atoms with E-state index in [9.17, 15) is 9.18 Å². The first-order chi connectivity index (χ1) is 11.6. The van der Waals surface area contributed by atoms with E-state index in [1.807, 2.05) is 24.3 Å². The van der Waals surface area contributed by atoms with Crippen LogP contribution < -0.4 is 5.43 Å². The molecule has 0 radical (unpaired) electrons. The molecule has 0 saturated carbocycles. The maximum absolute atomic E-state index is 12.9. The fraction of sp³-hybridized carbons (Fsp3) is 0.176. The van der Waals surface area contributed by atoms with Gasteiger partial charge in [-0.15, -0.1) is 5.10 Å². The zero-order chi connectivity index (χ0) is 17.1. The molecule has 0 aliphatic rings. The molecular formula is C17H16FN5O. The summed E-state index contributed by atoms with van der Waals surface area (Å²) >= 11 is 0. The van der Waals surface area contributed by atoms with Crippen LogP contribution in [0.15, 0.2) is 53.6 Å². The van der Waals surface area contributed by atoms with Gasteiger partial charge in [-0.25, -0.2) is 14.5 Å². The molecule has 2 aromatic carbocycles. The molecule has 0 unspecified atom stereocenters. The van der Waals surface area contributed by atoms with Crippen molar-refractivity contribution >= 4 is 22.7 Å². The third kappa shape index (κ3) is 3.15. The van der Waals surface area contributed by atoms with E-state index in [0.29, 0.717) is 5.71 Å². The van der Waals surface area contributed by atoms with Gasteiger partial charge in [-0.05, 0) is 43.7 Å². The Bertz CT molecular complexity index is 901. The predicted octanol–water partition coefficient (Wildman–Crippen LogP) is 2.67. The molecule has 122 valence electrons. The molecule has 1 amide bonds. The van der Waals surface area contributed by atoms with Gasteiger partial charge in [-0.2, -0.15) is 5.10 Å². The van der Waals surface area contributed by atoms with E-state index in [2.05, 4.69) is 20.8 Å². The lowest BCUT2D eigenvalue weighted by Gasteiger charge is -2.11. The van der Waals surface area contributed by atoms with Crippen molar-refractivity contribution in [2.45, 2.75) is 19.9 Å². The van der Waals surface area contributed by atoms with Crippen LogP contribution in [0.4, 0.5) is 4.39 Å². The van der Waals surface area contributed by atoms with Gasteiger partial charge in [0.25, 0.3) is 5.91 Å². The van der Waals surface area contributed by atoms with Crippen molar-refractivity contribution in [3.8, 4) is 0 Å². The third-order valence-electron chi connectivity index (χ3n) is 3.72. The van der Waals surface area contributed by atoms with Gasteiger partial charge >= 0.3 is 0 Å². The van der Waals surface area contributed by atoms with Crippen molar-refractivity contribution in [1.29, 1.82) is 0 Å². The van der Waals surface area contributed by atoms with Crippen LogP contribution in [0.1, 0.15) is 25.5 Å². The minimum atomic E-state index is -0.567. The highest BCUT2D eigenvalue weighted by atomic mass is 19.1. The zero-order valence-corrected chi connectivity index (χ0v) is 13.3. The van der Waals surface area contributed by atoms with Gasteiger partial charge < -0.3 is 0 Å². The Morgan fingerprint density at radius 3 is 2.67 bits per heavy atom. The maximum Gasteiger partial charge on any atom is 0.264 e. The average molecular weight is 325 g/mol. The van der Waals surface area contributed by atoms with Gasteiger partial charge in [-0.3, -0.25) is 4.79 Å².